The largest absolute Gasteiger partial charge is 0.339 e. The van der Waals surface area contributed by atoms with Gasteiger partial charge < -0.3 is 9.80 Å². The van der Waals surface area contributed by atoms with Crippen LogP contribution in [0.4, 0.5) is 0 Å². The van der Waals surface area contributed by atoms with Gasteiger partial charge in [0.05, 0.1) is 16.1 Å². The molecule has 0 spiro atoms. The van der Waals surface area contributed by atoms with Gasteiger partial charge in [-0.05, 0) is 24.3 Å². The van der Waals surface area contributed by atoms with Crippen LogP contribution in [0.25, 0.3) is 10.9 Å². The van der Waals surface area contributed by atoms with Gasteiger partial charge in [0, 0.05) is 43.2 Å². The fraction of sp³-hybridized carbons (Fsp3) is 0.421. The Morgan fingerprint density at radius 3 is 2.32 bits per heavy atom. The van der Waals surface area contributed by atoms with Crippen LogP contribution in [0.3, 0.4) is 0 Å². The SMILES string of the molecule is CC(C)(C)C(=O)N1CCN(C(=O)c2ccc(Cl)c3cccnc23)CC1. The molecule has 132 valence electrons. The highest BCUT2D eigenvalue weighted by Crippen LogP contribution is 2.26. The molecule has 0 atom stereocenters. The molecule has 1 aromatic carbocycles. The van der Waals surface area contributed by atoms with Crippen molar-refractivity contribution in [2.75, 3.05) is 26.2 Å². The van der Waals surface area contributed by atoms with E-state index in [2.05, 4.69) is 4.98 Å². The van der Waals surface area contributed by atoms with Crippen molar-refractivity contribution in [2.24, 2.45) is 5.41 Å². The van der Waals surface area contributed by atoms with Crippen molar-refractivity contribution in [3.63, 3.8) is 0 Å². The zero-order chi connectivity index (χ0) is 18.2. The number of pyridine rings is 1. The Morgan fingerprint density at radius 1 is 1.04 bits per heavy atom. The molecule has 0 radical (unpaired) electrons. The second-order valence-corrected chi connectivity index (χ2v) is 7.74. The van der Waals surface area contributed by atoms with E-state index in [0.717, 1.165) is 5.39 Å². The van der Waals surface area contributed by atoms with Gasteiger partial charge in [-0.1, -0.05) is 32.4 Å². The van der Waals surface area contributed by atoms with E-state index in [9.17, 15) is 9.59 Å². The Hall–Kier alpha value is -2.14. The van der Waals surface area contributed by atoms with Gasteiger partial charge in [0.15, 0.2) is 0 Å². The number of aromatic nitrogens is 1. The number of benzene rings is 1. The number of hydrogen-bond donors (Lipinski definition) is 0. The molecule has 6 heteroatoms. The van der Waals surface area contributed by atoms with Gasteiger partial charge in [-0.2, -0.15) is 0 Å². The summed E-state index contributed by atoms with van der Waals surface area (Å²) < 4.78 is 0. The highest BCUT2D eigenvalue weighted by molar-refractivity contribution is 6.36. The normalized spacial score (nSPS) is 15.5. The maximum absolute atomic E-state index is 12.9. The minimum Gasteiger partial charge on any atom is -0.339 e. The monoisotopic (exact) mass is 359 g/mol. The van der Waals surface area contributed by atoms with Gasteiger partial charge in [0.1, 0.15) is 0 Å². The molecule has 0 bridgehead atoms. The Kier molecular flexibility index (Phi) is 4.69. The van der Waals surface area contributed by atoms with E-state index < -0.39 is 5.41 Å². The molecule has 3 rings (SSSR count). The minimum absolute atomic E-state index is 0.0665. The number of fused-ring (bicyclic) bond motifs is 1. The molecule has 2 amide bonds. The van der Waals surface area contributed by atoms with Crippen molar-refractivity contribution < 1.29 is 9.59 Å². The fourth-order valence-electron chi connectivity index (χ4n) is 3.07. The Balaban J connectivity index is 1.78. The van der Waals surface area contributed by atoms with E-state index in [0.29, 0.717) is 42.3 Å². The molecule has 1 fully saturated rings. The molecular weight excluding hydrogens is 338 g/mol. The molecule has 2 aromatic rings. The molecule has 1 aliphatic heterocycles. The summed E-state index contributed by atoms with van der Waals surface area (Å²) in [6.07, 6.45) is 1.66. The van der Waals surface area contributed by atoms with Crippen molar-refractivity contribution in [3.05, 3.63) is 41.0 Å². The Labute approximate surface area is 152 Å². The predicted molar refractivity (Wildman–Crippen MR) is 98.7 cm³/mol. The fourth-order valence-corrected chi connectivity index (χ4v) is 3.28. The highest BCUT2D eigenvalue weighted by atomic mass is 35.5. The lowest BCUT2D eigenvalue weighted by atomic mass is 9.94. The highest BCUT2D eigenvalue weighted by Gasteiger charge is 2.31. The molecular formula is C19H22ClN3O2. The topological polar surface area (TPSA) is 53.5 Å². The summed E-state index contributed by atoms with van der Waals surface area (Å²) in [6, 6.07) is 7.13. The van der Waals surface area contributed by atoms with E-state index in [4.69, 9.17) is 11.6 Å². The number of hydrogen-bond acceptors (Lipinski definition) is 3. The molecule has 5 nitrogen and oxygen atoms in total. The summed E-state index contributed by atoms with van der Waals surface area (Å²) >= 11 is 6.21. The number of piperazine rings is 1. The van der Waals surface area contributed by atoms with E-state index >= 15 is 0 Å². The lowest BCUT2D eigenvalue weighted by molar-refractivity contribution is -0.140. The standard InChI is InChI=1S/C19H22ClN3O2/c1-19(2,3)18(25)23-11-9-22(10-12-23)17(24)14-6-7-15(20)13-5-4-8-21-16(13)14/h4-8H,9-12H2,1-3H3. The van der Waals surface area contributed by atoms with Crippen molar-refractivity contribution in [1.82, 2.24) is 14.8 Å². The average molecular weight is 360 g/mol. The van der Waals surface area contributed by atoms with Crippen LogP contribution in [0.2, 0.25) is 5.02 Å². The minimum atomic E-state index is -0.400. The van der Waals surface area contributed by atoms with E-state index in [-0.39, 0.29) is 11.8 Å². The smallest absolute Gasteiger partial charge is 0.256 e. The van der Waals surface area contributed by atoms with Crippen LogP contribution in [0.5, 0.6) is 0 Å². The van der Waals surface area contributed by atoms with Gasteiger partial charge >= 0.3 is 0 Å². The molecule has 0 aliphatic carbocycles. The van der Waals surface area contributed by atoms with Crippen LogP contribution < -0.4 is 0 Å². The Morgan fingerprint density at radius 2 is 1.68 bits per heavy atom. The summed E-state index contributed by atoms with van der Waals surface area (Å²) in [5.74, 6) is 0.0569. The third-order valence-electron chi connectivity index (χ3n) is 4.44. The number of carbonyl (C=O) groups excluding carboxylic acids is 2. The zero-order valence-electron chi connectivity index (χ0n) is 14.8. The maximum atomic E-state index is 12.9. The third-order valence-corrected chi connectivity index (χ3v) is 4.77. The van der Waals surface area contributed by atoms with Crippen LogP contribution in [-0.2, 0) is 4.79 Å². The second kappa shape index (κ2) is 6.64. The number of rotatable bonds is 1. The average Bonchev–Trinajstić information content (AvgIpc) is 2.60. The summed E-state index contributed by atoms with van der Waals surface area (Å²) in [6.45, 7) is 7.91. The molecule has 0 N–H and O–H groups in total. The number of amides is 2. The van der Waals surface area contributed by atoms with Gasteiger partial charge in [-0.15, -0.1) is 0 Å². The molecule has 1 aromatic heterocycles. The molecule has 0 saturated carbocycles. The molecule has 2 heterocycles. The van der Waals surface area contributed by atoms with Crippen molar-refractivity contribution >= 4 is 34.3 Å². The van der Waals surface area contributed by atoms with Crippen molar-refractivity contribution in [3.8, 4) is 0 Å². The van der Waals surface area contributed by atoms with Crippen LogP contribution >= 0.6 is 11.6 Å². The van der Waals surface area contributed by atoms with Crippen LogP contribution in [-0.4, -0.2) is 52.8 Å². The lowest BCUT2D eigenvalue weighted by Gasteiger charge is -2.37. The maximum Gasteiger partial charge on any atom is 0.256 e. The summed E-state index contributed by atoms with van der Waals surface area (Å²) in [7, 11) is 0. The molecule has 0 unspecified atom stereocenters. The first-order chi connectivity index (χ1) is 11.8. The first-order valence-electron chi connectivity index (χ1n) is 8.41. The van der Waals surface area contributed by atoms with E-state index in [1.807, 2.05) is 31.7 Å². The summed E-state index contributed by atoms with van der Waals surface area (Å²) in [5, 5.41) is 1.36. The van der Waals surface area contributed by atoms with E-state index in [1.54, 1.807) is 29.3 Å². The predicted octanol–water partition coefficient (Wildman–Crippen LogP) is 3.22. The first-order valence-corrected chi connectivity index (χ1v) is 8.79. The molecule has 1 aliphatic rings. The van der Waals surface area contributed by atoms with Gasteiger partial charge in [0.2, 0.25) is 5.91 Å². The Bertz CT molecular complexity index is 821. The van der Waals surface area contributed by atoms with Gasteiger partial charge in [-0.3, -0.25) is 14.6 Å². The quantitative estimate of drug-likeness (QED) is 0.785. The first kappa shape index (κ1) is 17.7. The second-order valence-electron chi connectivity index (χ2n) is 7.33. The summed E-state index contributed by atoms with van der Waals surface area (Å²) in [5.41, 5.74) is 0.770. The van der Waals surface area contributed by atoms with Crippen LogP contribution in [0.15, 0.2) is 30.5 Å². The van der Waals surface area contributed by atoms with Gasteiger partial charge in [-0.25, -0.2) is 0 Å². The zero-order valence-corrected chi connectivity index (χ0v) is 15.5. The number of halogens is 1. The molecule has 25 heavy (non-hydrogen) atoms. The van der Waals surface area contributed by atoms with Crippen LogP contribution in [0, 0.1) is 5.41 Å². The number of nitrogens with zero attached hydrogens (tertiary/aromatic N) is 3. The van der Waals surface area contributed by atoms with Crippen LogP contribution in [0.1, 0.15) is 31.1 Å². The van der Waals surface area contributed by atoms with E-state index in [1.165, 1.54) is 0 Å². The third kappa shape index (κ3) is 3.47. The summed E-state index contributed by atoms with van der Waals surface area (Å²) in [4.78, 5) is 33.3. The lowest BCUT2D eigenvalue weighted by Crippen LogP contribution is -2.53. The van der Waals surface area contributed by atoms with Gasteiger partial charge in [0.25, 0.3) is 5.91 Å². The van der Waals surface area contributed by atoms with Crippen molar-refractivity contribution in [2.45, 2.75) is 20.8 Å². The molecule has 1 saturated heterocycles. The number of carbonyl (C=O) groups is 2. The van der Waals surface area contributed by atoms with Crippen molar-refractivity contribution in [1.29, 1.82) is 0 Å².